The molecule has 6 aromatic rings. The van der Waals surface area contributed by atoms with Gasteiger partial charge in [0.05, 0.1) is 36.3 Å². The summed E-state index contributed by atoms with van der Waals surface area (Å²) in [5.41, 5.74) is 3.50. The van der Waals surface area contributed by atoms with Gasteiger partial charge in [0.25, 0.3) is 11.1 Å². The summed E-state index contributed by atoms with van der Waals surface area (Å²) in [5, 5.41) is 18.6. The zero-order valence-electron chi connectivity index (χ0n) is 26.1. The number of aryl methyl sites for hydroxylation is 2. The summed E-state index contributed by atoms with van der Waals surface area (Å²) in [6.07, 6.45) is 14.4. The third kappa shape index (κ3) is 7.29. The highest BCUT2D eigenvalue weighted by atomic mass is 79.9. The van der Waals surface area contributed by atoms with Crippen LogP contribution in [-0.4, -0.2) is 62.5 Å². The van der Waals surface area contributed by atoms with Crippen LogP contribution in [0.4, 0.5) is 0 Å². The molecule has 0 aliphatic carbocycles. The quantitative estimate of drug-likeness (QED) is 0.255. The van der Waals surface area contributed by atoms with Crippen molar-refractivity contribution in [2.24, 2.45) is 0 Å². The van der Waals surface area contributed by atoms with Crippen LogP contribution < -0.4 is 11.1 Å². The van der Waals surface area contributed by atoms with E-state index in [-0.39, 0.29) is 36.4 Å². The van der Waals surface area contributed by atoms with Gasteiger partial charge in [-0.15, -0.1) is 6.42 Å². The van der Waals surface area contributed by atoms with E-state index in [1.54, 1.807) is 52.1 Å². The first kappa shape index (κ1) is 33.3. The average molecular weight is 718 g/mol. The number of aromatic nitrogens is 8. The van der Waals surface area contributed by atoms with Crippen molar-refractivity contribution in [3.05, 3.63) is 127 Å². The Morgan fingerprint density at radius 2 is 1.31 bits per heavy atom. The Morgan fingerprint density at radius 1 is 0.755 bits per heavy atom. The van der Waals surface area contributed by atoms with Crippen molar-refractivity contribution in [2.45, 2.75) is 37.8 Å². The van der Waals surface area contributed by atoms with Gasteiger partial charge in [-0.25, -0.2) is 29.9 Å². The Balaban J connectivity index is 0.000000144. The lowest BCUT2D eigenvalue weighted by molar-refractivity contribution is 0.230. The molecule has 2 aliphatic rings. The number of pyridine rings is 4. The number of aliphatic hydroxyl groups excluding tert-OH is 2. The van der Waals surface area contributed by atoms with E-state index in [4.69, 9.17) is 6.42 Å². The molecule has 12 nitrogen and oxygen atoms in total. The third-order valence-electron chi connectivity index (χ3n) is 7.97. The van der Waals surface area contributed by atoms with E-state index < -0.39 is 0 Å². The van der Waals surface area contributed by atoms with Crippen LogP contribution in [0.5, 0.6) is 0 Å². The lowest BCUT2D eigenvalue weighted by Crippen LogP contribution is -2.26. The molecule has 0 spiro atoms. The van der Waals surface area contributed by atoms with Gasteiger partial charge in [0.1, 0.15) is 23.0 Å². The van der Waals surface area contributed by atoms with Crippen LogP contribution in [0.15, 0.2) is 87.4 Å². The van der Waals surface area contributed by atoms with Crippen LogP contribution in [0.2, 0.25) is 0 Å². The van der Waals surface area contributed by atoms with Gasteiger partial charge in [-0.1, -0.05) is 24.0 Å². The van der Waals surface area contributed by atoms with E-state index in [1.807, 2.05) is 30.3 Å². The van der Waals surface area contributed by atoms with Crippen LogP contribution in [0.1, 0.15) is 53.5 Å². The van der Waals surface area contributed by atoms with Gasteiger partial charge < -0.3 is 10.2 Å². The monoisotopic (exact) mass is 716 g/mol. The van der Waals surface area contributed by atoms with Gasteiger partial charge in [-0.2, -0.15) is 0 Å². The summed E-state index contributed by atoms with van der Waals surface area (Å²) < 4.78 is 3.94. The number of hydrogen-bond acceptors (Lipinski definition) is 10. The molecule has 0 bridgehead atoms. The first-order chi connectivity index (χ1) is 23.9. The van der Waals surface area contributed by atoms with Gasteiger partial charge in [-0.3, -0.25) is 18.7 Å². The highest BCUT2D eigenvalue weighted by molar-refractivity contribution is 9.10. The van der Waals surface area contributed by atoms with E-state index in [2.05, 4.69) is 63.6 Å². The second-order valence-corrected chi connectivity index (χ2v) is 12.0. The summed E-state index contributed by atoms with van der Waals surface area (Å²) in [7, 11) is 0. The molecule has 2 N–H and O–H groups in total. The molecular weight excluding hydrogens is 688 g/mol. The Hall–Kier alpha value is -5.60. The van der Waals surface area contributed by atoms with E-state index in [0.29, 0.717) is 51.3 Å². The summed E-state index contributed by atoms with van der Waals surface area (Å²) in [6.45, 7) is -0.0929. The maximum atomic E-state index is 12.6. The maximum Gasteiger partial charge on any atom is 0.280 e. The van der Waals surface area contributed by atoms with E-state index >= 15 is 0 Å². The fraction of sp³-hybridized carbons (Fsp3) is 0.222. The zero-order valence-corrected chi connectivity index (χ0v) is 27.7. The van der Waals surface area contributed by atoms with Crippen molar-refractivity contribution in [1.82, 2.24) is 39.0 Å². The summed E-state index contributed by atoms with van der Waals surface area (Å²) in [5.74, 6) is 9.81. The molecule has 13 heteroatoms. The van der Waals surface area contributed by atoms with E-state index in [9.17, 15) is 19.8 Å². The molecule has 8 rings (SSSR count). The standard InChI is InChI=1S/C18H14N4O2.C11H10BrN3O2.C7H5N/c23-11-14-6-7-16-21-15-9-12(4-5-13-3-1-2-8-19-13)10-20-17(15)18(24)22(14)16;12-6-3-8-10(13-4-6)11(17)15-7(5-16)1-2-9(15)14-8;1-2-7-5-3-4-6-8-7/h1-3,8-10,14,23H,6-7,11H2;3-4,7,16H,1-2,5H2;1,3-6H. The van der Waals surface area contributed by atoms with Crippen LogP contribution in [0.25, 0.3) is 22.1 Å². The van der Waals surface area contributed by atoms with Crippen molar-refractivity contribution in [2.75, 3.05) is 13.2 Å². The molecule has 244 valence electrons. The predicted molar refractivity (Wildman–Crippen MR) is 187 cm³/mol. The third-order valence-corrected chi connectivity index (χ3v) is 8.40. The molecule has 0 saturated carbocycles. The molecule has 2 unspecified atom stereocenters. The molecule has 49 heavy (non-hydrogen) atoms. The highest BCUT2D eigenvalue weighted by Crippen LogP contribution is 2.24. The number of fused-ring (bicyclic) bond motifs is 4. The molecule has 0 aromatic carbocycles. The van der Waals surface area contributed by atoms with Crippen LogP contribution in [0, 0.1) is 24.2 Å². The molecular formula is C36H29BrN8O4. The zero-order chi connectivity index (χ0) is 34.3. The fourth-order valence-corrected chi connectivity index (χ4v) is 5.94. The van der Waals surface area contributed by atoms with Crippen LogP contribution >= 0.6 is 15.9 Å². The second-order valence-electron chi connectivity index (χ2n) is 11.1. The summed E-state index contributed by atoms with van der Waals surface area (Å²) in [4.78, 5) is 50.1. The molecule has 0 fully saturated rings. The van der Waals surface area contributed by atoms with Gasteiger partial charge >= 0.3 is 0 Å². The fourth-order valence-electron chi connectivity index (χ4n) is 5.62. The Labute approximate surface area is 288 Å². The number of hydrogen-bond donors (Lipinski definition) is 2. The van der Waals surface area contributed by atoms with E-state index in [0.717, 1.165) is 29.6 Å². The number of aliphatic hydroxyl groups is 2. The minimum Gasteiger partial charge on any atom is -0.394 e. The largest absolute Gasteiger partial charge is 0.394 e. The minimum atomic E-state index is -0.199. The Bertz CT molecular complexity index is 2360. The van der Waals surface area contributed by atoms with Gasteiger partial charge in [0.2, 0.25) is 0 Å². The van der Waals surface area contributed by atoms with Crippen molar-refractivity contribution >= 4 is 38.0 Å². The second kappa shape index (κ2) is 15.1. The first-order valence-electron chi connectivity index (χ1n) is 15.4. The highest BCUT2D eigenvalue weighted by Gasteiger charge is 2.26. The molecule has 2 atom stereocenters. The van der Waals surface area contributed by atoms with Crippen molar-refractivity contribution in [1.29, 1.82) is 0 Å². The van der Waals surface area contributed by atoms with E-state index in [1.165, 1.54) is 0 Å². The average Bonchev–Trinajstić information content (AvgIpc) is 3.76. The molecule has 2 aliphatic heterocycles. The van der Waals surface area contributed by atoms with Crippen LogP contribution in [0.3, 0.4) is 0 Å². The first-order valence-corrected chi connectivity index (χ1v) is 16.2. The molecule has 0 amide bonds. The maximum absolute atomic E-state index is 12.6. The number of halogens is 1. The number of terminal acetylenes is 1. The summed E-state index contributed by atoms with van der Waals surface area (Å²) >= 11 is 3.31. The molecule has 8 heterocycles. The van der Waals surface area contributed by atoms with Crippen LogP contribution in [-0.2, 0) is 12.8 Å². The molecule has 0 saturated heterocycles. The lowest BCUT2D eigenvalue weighted by Gasteiger charge is -2.11. The molecule has 6 aromatic heterocycles. The summed E-state index contributed by atoms with van der Waals surface area (Å²) in [6, 6.07) is 14.2. The topological polar surface area (TPSA) is 162 Å². The van der Waals surface area contributed by atoms with Crippen molar-refractivity contribution in [3.63, 3.8) is 0 Å². The number of nitrogens with zero attached hydrogens (tertiary/aromatic N) is 8. The smallest absolute Gasteiger partial charge is 0.280 e. The van der Waals surface area contributed by atoms with Gasteiger partial charge in [0, 0.05) is 47.7 Å². The van der Waals surface area contributed by atoms with Gasteiger partial charge in [-0.05, 0) is 71.1 Å². The van der Waals surface area contributed by atoms with Gasteiger partial charge in [0.15, 0.2) is 11.0 Å². The Kier molecular flexibility index (Phi) is 10.3. The SMILES string of the molecule is C#Cc1ccccn1.O=c1c2ncc(Br)cc2nc2n1C(CO)CC2.O=c1c2ncc(C#Cc3ccccn3)cc2nc2n1C(CO)CC2. The Morgan fingerprint density at radius 3 is 1.82 bits per heavy atom. The van der Waals surface area contributed by atoms with Crippen molar-refractivity contribution < 1.29 is 10.2 Å². The predicted octanol–water partition coefficient (Wildman–Crippen LogP) is 3.16. The molecule has 0 radical (unpaired) electrons. The van der Waals surface area contributed by atoms with Crippen molar-refractivity contribution in [3.8, 4) is 24.2 Å². The minimum absolute atomic E-state index is 0.0311. The normalized spacial score (nSPS) is 15.5. The lowest BCUT2D eigenvalue weighted by atomic mass is 10.2. The number of rotatable bonds is 2.